The van der Waals surface area contributed by atoms with Crippen molar-refractivity contribution in [2.24, 2.45) is 0 Å². The summed E-state index contributed by atoms with van der Waals surface area (Å²) in [5.74, 6) is 0.281. The fourth-order valence-corrected chi connectivity index (χ4v) is 5.50. The summed E-state index contributed by atoms with van der Waals surface area (Å²) < 4.78 is 0. The molecule has 0 radical (unpaired) electrons. The van der Waals surface area contributed by atoms with Crippen LogP contribution >= 0.6 is 7.92 Å². The predicted octanol–water partition coefficient (Wildman–Crippen LogP) is 4.89. The molecular weight excluding hydrogens is 349 g/mol. The normalized spacial score (nSPS) is 10.7. The van der Waals surface area contributed by atoms with Crippen LogP contribution in [0.3, 0.4) is 0 Å². The van der Waals surface area contributed by atoms with Crippen LogP contribution in [-0.4, -0.2) is 5.11 Å². The highest BCUT2D eigenvalue weighted by Crippen LogP contribution is 2.37. The van der Waals surface area contributed by atoms with Gasteiger partial charge in [0, 0.05) is 16.7 Å². The van der Waals surface area contributed by atoms with E-state index in [2.05, 4.69) is 53.8 Å². The van der Waals surface area contributed by atoms with Gasteiger partial charge in [-0.25, -0.2) is 0 Å². The fraction of sp³-hybridized carbons (Fsp3) is 0. The standard InChI is InChI=1S/C24H20NOP/c26-20-16-17-23(25-19-10-4-1-5-11-19)24(18-20)27(21-12-6-2-7-13-21)22-14-8-3-9-15-22/h1-18,25-26H. The molecule has 0 saturated heterocycles. The van der Waals surface area contributed by atoms with Gasteiger partial charge >= 0.3 is 0 Å². The molecule has 27 heavy (non-hydrogen) atoms. The van der Waals surface area contributed by atoms with Crippen LogP contribution < -0.4 is 21.2 Å². The lowest BCUT2D eigenvalue weighted by Gasteiger charge is -2.23. The average Bonchev–Trinajstić information content (AvgIpc) is 2.73. The second-order valence-electron chi connectivity index (χ2n) is 6.20. The highest BCUT2D eigenvalue weighted by molar-refractivity contribution is 7.80. The molecular formula is C24H20NOP. The first-order chi connectivity index (χ1) is 13.3. The zero-order chi connectivity index (χ0) is 18.5. The molecule has 3 heteroatoms. The molecule has 2 nitrogen and oxygen atoms in total. The Bertz CT molecular complexity index is 965. The molecule has 0 saturated carbocycles. The van der Waals surface area contributed by atoms with Gasteiger partial charge in [0.1, 0.15) is 5.75 Å². The number of phenols is 1. The largest absolute Gasteiger partial charge is 0.508 e. The van der Waals surface area contributed by atoms with Crippen LogP contribution in [0.2, 0.25) is 0 Å². The van der Waals surface area contributed by atoms with Gasteiger partial charge < -0.3 is 10.4 Å². The molecule has 0 atom stereocenters. The Morgan fingerprint density at radius 3 is 1.67 bits per heavy atom. The van der Waals surface area contributed by atoms with Gasteiger partial charge in [0.15, 0.2) is 0 Å². The van der Waals surface area contributed by atoms with Crippen LogP contribution in [-0.2, 0) is 0 Å². The Labute approximate surface area is 160 Å². The van der Waals surface area contributed by atoms with Crippen molar-refractivity contribution >= 4 is 35.2 Å². The van der Waals surface area contributed by atoms with Gasteiger partial charge in [0.2, 0.25) is 0 Å². The molecule has 4 aromatic carbocycles. The molecule has 0 aliphatic heterocycles. The molecule has 0 aliphatic rings. The predicted molar refractivity (Wildman–Crippen MR) is 117 cm³/mol. The zero-order valence-electron chi connectivity index (χ0n) is 14.8. The highest BCUT2D eigenvalue weighted by atomic mass is 31.1. The van der Waals surface area contributed by atoms with Crippen LogP contribution in [0.1, 0.15) is 0 Å². The molecule has 4 aromatic rings. The van der Waals surface area contributed by atoms with Crippen LogP contribution in [0.15, 0.2) is 109 Å². The molecule has 4 rings (SSSR count). The number of hydrogen-bond acceptors (Lipinski definition) is 2. The smallest absolute Gasteiger partial charge is 0.116 e. The van der Waals surface area contributed by atoms with Gasteiger partial charge in [-0.15, -0.1) is 0 Å². The summed E-state index contributed by atoms with van der Waals surface area (Å²) in [4.78, 5) is 0. The van der Waals surface area contributed by atoms with E-state index in [9.17, 15) is 5.11 Å². The van der Waals surface area contributed by atoms with E-state index in [-0.39, 0.29) is 5.75 Å². The van der Waals surface area contributed by atoms with Crippen LogP contribution in [0.5, 0.6) is 5.75 Å². The van der Waals surface area contributed by atoms with Gasteiger partial charge in [-0.3, -0.25) is 0 Å². The summed E-state index contributed by atoms with van der Waals surface area (Å²) in [6, 6.07) is 36.7. The van der Waals surface area contributed by atoms with Crippen molar-refractivity contribution in [2.75, 3.05) is 5.32 Å². The number of anilines is 2. The Kier molecular flexibility index (Phi) is 5.18. The summed E-state index contributed by atoms with van der Waals surface area (Å²) in [6.07, 6.45) is 0. The average molecular weight is 369 g/mol. The van der Waals surface area contributed by atoms with Gasteiger partial charge in [-0.05, 0) is 48.9 Å². The molecule has 0 aliphatic carbocycles. The number of nitrogens with one attached hydrogen (secondary N) is 1. The van der Waals surface area contributed by atoms with Gasteiger partial charge in [-0.2, -0.15) is 0 Å². The second-order valence-corrected chi connectivity index (χ2v) is 8.38. The molecule has 0 aromatic heterocycles. The molecule has 2 N–H and O–H groups in total. The SMILES string of the molecule is Oc1ccc(Nc2ccccc2)c(P(c2ccccc2)c2ccccc2)c1. The third-order valence-electron chi connectivity index (χ3n) is 4.30. The molecule has 0 heterocycles. The quantitative estimate of drug-likeness (QED) is 0.388. The van der Waals surface area contributed by atoms with Crippen molar-refractivity contribution in [3.8, 4) is 5.75 Å². The molecule has 0 fully saturated rings. The Morgan fingerprint density at radius 1 is 0.593 bits per heavy atom. The summed E-state index contributed by atoms with van der Waals surface area (Å²) >= 11 is 0. The number of para-hydroxylation sites is 1. The van der Waals surface area contributed by atoms with Crippen molar-refractivity contribution in [2.45, 2.75) is 0 Å². The first kappa shape index (κ1) is 17.3. The first-order valence-electron chi connectivity index (χ1n) is 8.86. The number of phenolic OH excluding ortho intramolecular Hbond substituents is 1. The number of rotatable bonds is 5. The number of benzene rings is 4. The Balaban J connectivity index is 1.86. The zero-order valence-corrected chi connectivity index (χ0v) is 15.7. The fourth-order valence-electron chi connectivity index (χ4n) is 3.07. The lowest BCUT2D eigenvalue weighted by atomic mass is 10.2. The van der Waals surface area contributed by atoms with E-state index in [0.29, 0.717) is 0 Å². The van der Waals surface area contributed by atoms with E-state index in [1.807, 2.05) is 54.6 Å². The summed E-state index contributed by atoms with van der Waals surface area (Å²) in [6.45, 7) is 0. The van der Waals surface area contributed by atoms with Crippen molar-refractivity contribution in [3.63, 3.8) is 0 Å². The lowest BCUT2D eigenvalue weighted by molar-refractivity contribution is 0.476. The minimum atomic E-state index is -0.802. The van der Waals surface area contributed by atoms with Crippen LogP contribution in [0.4, 0.5) is 11.4 Å². The maximum Gasteiger partial charge on any atom is 0.116 e. The van der Waals surface area contributed by atoms with E-state index in [1.54, 1.807) is 6.07 Å². The maximum atomic E-state index is 10.2. The number of hydrogen-bond donors (Lipinski definition) is 2. The van der Waals surface area contributed by atoms with E-state index in [0.717, 1.165) is 16.7 Å². The minimum Gasteiger partial charge on any atom is -0.508 e. The molecule has 0 amide bonds. The molecule has 0 bridgehead atoms. The third-order valence-corrected chi connectivity index (χ3v) is 6.78. The molecule has 0 spiro atoms. The van der Waals surface area contributed by atoms with Gasteiger partial charge in [0.25, 0.3) is 0 Å². The van der Waals surface area contributed by atoms with E-state index in [4.69, 9.17) is 0 Å². The summed E-state index contributed by atoms with van der Waals surface area (Å²) in [7, 11) is -0.802. The maximum absolute atomic E-state index is 10.2. The Morgan fingerprint density at radius 2 is 1.11 bits per heavy atom. The van der Waals surface area contributed by atoms with Gasteiger partial charge in [0.05, 0.1) is 0 Å². The second kappa shape index (κ2) is 8.07. The van der Waals surface area contributed by atoms with Gasteiger partial charge in [-0.1, -0.05) is 78.9 Å². The number of aromatic hydroxyl groups is 1. The van der Waals surface area contributed by atoms with Crippen molar-refractivity contribution in [3.05, 3.63) is 109 Å². The van der Waals surface area contributed by atoms with E-state index >= 15 is 0 Å². The third kappa shape index (κ3) is 4.02. The first-order valence-corrected chi connectivity index (χ1v) is 10.2. The monoisotopic (exact) mass is 369 g/mol. The van der Waals surface area contributed by atoms with Crippen LogP contribution in [0, 0.1) is 0 Å². The molecule has 132 valence electrons. The van der Waals surface area contributed by atoms with Crippen molar-refractivity contribution in [1.82, 2.24) is 0 Å². The van der Waals surface area contributed by atoms with E-state index < -0.39 is 7.92 Å². The topological polar surface area (TPSA) is 32.3 Å². The lowest BCUT2D eigenvalue weighted by Crippen LogP contribution is -2.22. The molecule has 0 unspecified atom stereocenters. The summed E-state index contributed by atoms with van der Waals surface area (Å²) in [5.41, 5.74) is 2.04. The minimum absolute atomic E-state index is 0.281. The van der Waals surface area contributed by atoms with E-state index in [1.165, 1.54) is 10.6 Å². The highest BCUT2D eigenvalue weighted by Gasteiger charge is 2.20. The van der Waals surface area contributed by atoms with Crippen molar-refractivity contribution in [1.29, 1.82) is 0 Å². The van der Waals surface area contributed by atoms with Crippen molar-refractivity contribution < 1.29 is 5.11 Å². The summed E-state index contributed by atoms with van der Waals surface area (Å²) in [5, 5.41) is 17.4. The Hall–Kier alpha value is -3.09. The van der Waals surface area contributed by atoms with Crippen LogP contribution in [0.25, 0.3) is 0 Å².